The molecule has 0 bridgehead atoms. The Morgan fingerprint density at radius 1 is 1.42 bits per heavy atom. The second-order valence-electron chi connectivity index (χ2n) is 5.33. The van der Waals surface area contributed by atoms with Crippen LogP contribution in [0.1, 0.15) is 25.3 Å². The van der Waals surface area contributed by atoms with E-state index in [-0.39, 0.29) is 0 Å². The Labute approximate surface area is 114 Å². The Morgan fingerprint density at radius 2 is 2.16 bits per heavy atom. The number of aromatic hydroxyl groups is 1. The van der Waals surface area contributed by atoms with Crippen molar-refractivity contribution in [3.8, 4) is 5.75 Å². The summed E-state index contributed by atoms with van der Waals surface area (Å²) < 4.78 is 0. The first-order valence-electron chi connectivity index (χ1n) is 6.98. The van der Waals surface area contributed by atoms with Crippen molar-refractivity contribution < 1.29 is 5.11 Å². The zero-order chi connectivity index (χ0) is 13.7. The molecule has 0 unspecified atom stereocenters. The zero-order valence-corrected chi connectivity index (χ0v) is 11.5. The number of nitrogens with zero attached hydrogens (tertiary/aromatic N) is 2. The molecule has 1 aromatic carbocycles. The van der Waals surface area contributed by atoms with Gasteiger partial charge in [-0.05, 0) is 42.9 Å². The van der Waals surface area contributed by atoms with Crippen molar-refractivity contribution in [2.24, 2.45) is 16.6 Å². The number of nitrogens with two attached hydrogens (primary N) is 1. The Balaban J connectivity index is 1.81. The van der Waals surface area contributed by atoms with E-state index in [0.717, 1.165) is 31.0 Å². The molecule has 2 rings (SSSR count). The first kappa shape index (κ1) is 13.7. The van der Waals surface area contributed by atoms with Crippen LogP contribution < -0.4 is 5.73 Å². The van der Waals surface area contributed by atoms with Gasteiger partial charge in [-0.2, -0.15) is 0 Å². The maximum absolute atomic E-state index is 9.38. The maximum atomic E-state index is 9.38. The molecule has 4 nitrogen and oxygen atoms in total. The van der Waals surface area contributed by atoms with Crippen molar-refractivity contribution in [1.82, 2.24) is 4.90 Å². The molecule has 104 valence electrons. The number of phenolic OH excluding ortho intramolecular Hbond substituents is 1. The lowest BCUT2D eigenvalue weighted by Gasteiger charge is -2.31. The molecule has 0 atom stereocenters. The minimum atomic E-state index is 0.305. The minimum absolute atomic E-state index is 0.305. The number of benzene rings is 1. The van der Waals surface area contributed by atoms with Crippen LogP contribution >= 0.6 is 0 Å². The summed E-state index contributed by atoms with van der Waals surface area (Å²) in [5.41, 5.74) is 7.10. The van der Waals surface area contributed by atoms with E-state index in [1.165, 1.54) is 12.8 Å². The molecule has 19 heavy (non-hydrogen) atoms. The van der Waals surface area contributed by atoms with Crippen LogP contribution in [0.4, 0.5) is 0 Å². The highest BCUT2D eigenvalue weighted by atomic mass is 16.3. The van der Waals surface area contributed by atoms with Crippen molar-refractivity contribution >= 4 is 5.96 Å². The Hall–Kier alpha value is -1.71. The highest BCUT2D eigenvalue weighted by Gasteiger charge is 2.16. The van der Waals surface area contributed by atoms with Crippen molar-refractivity contribution in [3.05, 3.63) is 29.8 Å². The van der Waals surface area contributed by atoms with E-state index in [2.05, 4.69) is 16.8 Å². The third kappa shape index (κ3) is 4.16. The first-order valence-corrected chi connectivity index (χ1v) is 6.98. The van der Waals surface area contributed by atoms with Gasteiger partial charge in [0.05, 0.1) is 0 Å². The molecule has 0 aliphatic carbocycles. The van der Waals surface area contributed by atoms with E-state index >= 15 is 0 Å². The van der Waals surface area contributed by atoms with Crippen LogP contribution in [-0.2, 0) is 6.42 Å². The summed E-state index contributed by atoms with van der Waals surface area (Å²) in [7, 11) is 0. The summed E-state index contributed by atoms with van der Waals surface area (Å²) in [6, 6.07) is 7.29. The molecule has 0 aromatic heterocycles. The average Bonchev–Trinajstić information content (AvgIpc) is 2.39. The third-order valence-corrected chi connectivity index (χ3v) is 3.69. The molecular formula is C15H23N3O. The van der Waals surface area contributed by atoms with Crippen molar-refractivity contribution in [1.29, 1.82) is 0 Å². The summed E-state index contributed by atoms with van der Waals surface area (Å²) in [6.07, 6.45) is 3.20. The van der Waals surface area contributed by atoms with E-state index in [1.807, 2.05) is 12.1 Å². The lowest BCUT2D eigenvalue weighted by Crippen LogP contribution is -2.42. The predicted molar refractivity (Wildman–Crippen MR) is 78.3 cm³/mol. The standard InChI is InChI=1S/C15H23N3O/c1-12-6-9-18(10-7-12)15(16)17-8-5-13-3-2-4-14(19)11-13/h2-4,11-12,19H,5-10H2,1H3,(H2,16,17). The van der Waals surface area contributed by atoms with Crippen molar-refractivity contribution in [2.75, 3.05) is 19.6 Å². The van der Waals surface area contributed by atoms with E-state index in [4.69, 9.17) is 5.73 Å². The van der Waals surface area contributed by atoms with Gasteiger partial charge in [-0.1, -0.05) is 19.1 Å². The molecule has 3 N–H and O–H groups in total. The topological polar surface area (TPSA) is 61.8 Å². The van der Waals surface area contributed by atoms with Crippen LogP contribution in [0, 0.1) is 5.92 Å². The molecule has 4 heteroatoms. The van der Waals surface area contributed by atoms with Gasteiger partial charge in [0.2, 0.25) is 0 Å². The Morgan fingerprint density at radius 3 is 2.84 bits per heavy atom. The minimum Gasteiger partial charge on any atom is -0.508 e. The Kier molecular flexibility index (Phi) is 4.66. The molecule has 0 saturated carbocycles. The number of rotatable bonds is 3. The average molecular weight is 261 g/mol. The smallest absolute Gasteiger partial charge is 0.191 e. The lowest BCUT2D eigenvalue weighted by molar-refractivity contribution is 0.277. The van der Waals surface area contributed by atoms with E-state index in [0.29, 0.717) is 18.3 Å². The molecule has 1 heterocycles. The number of hydrogen-bond acceptors (Lipinski definition) is 2. The van der Waals surface area contributed by atoms with Gasteiger partial charge in [0, 0.05) is 19.6 Å². The summed E-state index contributed by atoms with van der Waals surface area (Å²) >= 11 is 0. The van der Waals surface area contributed by atoms with Gasteiger partial charge in [-0.3, -0.25) is 4.99 Å². The highest BCUT2D eigenvalue weighted by Crippen LogP contribution is 2.15. The van der Waals surface area contributed by atoms with Gasteiger partial charge >= 0.3 is 0 Å². The number of aliphatic imine (C=N–C) groups is 1. The number of guanidine groups is 1. The molecule has 0 radical (unpaired) electrons. The van der Waals surface area contributed by atoms with Gasteiger partial charge in [-0.25, -0.2) is 0 Å². The zero-order valence-electron chi connectivity index (χ0n) is 11.5. The summed E-state index contributed by atoms with van der Waals surface area (Å²) in [5, 5.41) is 9.38. The summed E-state index contributed by atoms with van der Waals surface area (Å²) in [4.78, 5) is 6.61. The molecule has 1 fully saturated rings. The fraction of sp³-hybridized carbons (Fsp3) is 0.533. The maximum Gasteiger partial charge on any atom is 0.191 e. The fourth-order valence-corrected chi connectivity index (χ4v) is 2.35. The molecule has 1 aliphatic heterocycles. The van der Waals surface area contributed by atoms with E-state index < -0.39 is 0 Å². The van der Waals surface area contributed by atoms with Crippen LogP contribution in [0.25, 0.3) is 0 Å². The van der Waals surface area contributed by atoms with Gasteiger partial charge in [0.25, 0.3) is 0 Å². The van der Waals surface area contributed by atoms with Crippen LogP contribution in [0.2, 0.25) is 0 Å². The quantitative estimate of drug-likeness (QED) is 0.646. The van der Waals surface area contributed by atoms with Gasteiger partial charge in [0.1, 0.15) is 5.75 Å². The van der Waals surface area contributed by atoms with E-state index in [1.54, 1.807) is 12.1 Å². The van der Waals surface area contributed by atoms with Gasteiger partial charge in [-0.15, -0.1) is 0 Å². The molecule has 0 spiro atoms. The van der Waals surface area contributed by atoms with Gasteiger partial charge < -0.3 is 15.7 Å². The van der Waals surface area contributed by atoms with Gasteiger partial charge in [0.15, 0.2) is 5.96 Å². The molecule has 1 saturated heterocycles. The van der Waals surface area contributed by atoms with Crippen LogP contribution in [0.5, 0.6) is 5.75 Å². The number of hydrogen-bond donors (Lipinski definition) is 2. The second-order valence-corrected chi connectivity index (χ2v) is 5.33. The number of phenols is 1. The SMILES string of the molecule is CC1CCN(C(N)=NCCc2cccc(O)c2)CC1. The lowest BCUT2D eigenvalue weighted by atomic mass is 10.00. The van der Waals surface area contributed by atoms with Crippen LogP contribution in [-0.4, -0.2) is 35.6 Å². The second kappa shape index (κ2) is 6.45. The van der Waals surface area contributed by atoms with Crippen molar-refractivity contribution in [2.45, 2.75) is 26.2 Å². The first-order chi connectivity index (χ1) is 9.15. The predicted octanol–water partition coefficient (Wildman–Crippen LogP) is 1.98. The normalized spacial score (nSPS) is 17.7. The van der Waals surface area contributed by atoms with Crippen molar-refractivity contribution in [3.63, 3.8) is 0 Å². The third-order valence-electron chi connectivity index (χ3n) is 3.69. The molecular weight excluding hydrogens is 238 g/mol. The highest BCUT2D eigenvalue weighted by molar-refractivity contribution is 5.78. The monoisotopic (exact) mass is 261 g/mol. The summed E-state index contributed by atoms with van der Waals surface area (Å²) in [6.45, 7) is 4.99. The molecule has 0 amide bonds. The molecule has 1 aromatic rings. The summed E-state index contributed by atoms with van der Waals surface area (Å²) in [5.74, 6) is 1.77. The van der Waals surface area contributed by atoms with E-state index in [9.17, 15) is 5.11 Å². The van der Waals surface area contributed by atoms with Crippen LogP contribution in [0.3, 0.4) is 0 Å². The van der Waals surface area contributed by atoms with Crippen LogP contribution in [0.15, 0.2) is 29.3 Å². The fourth-order valence-electron chi connectivity index (χ4n) is 2.35. The molecule has 1 aliphatic rings. The Bertz CT molecular complexity index is 437. The number of likely N-dealkylation sites (tertiary alicyclic amines) is 1. The largest absolute Gasteiger partial charge is 0.508 e. The number of piperidine rings is 1.